The molecule has 1 saturated carbocycles. The van der Waals surface area contributed by atoms with Gasteiger partial charge in [-0.3, -0.25) is 0 Å². The molecule has 0 N–H and O–H groups in total. The van der Waals surface area contributed by atoms with Crippen molar-refractivity contribution >= 4 is 10.0 Å². The van der Waals surface area contributed by atoms with Crippen molar-refractivity contribution in [2.45, 2.75) is 24.7 Å². The van der Waals surface area contributed by atoms with E-state index >= 15 is 0 Å². The fraction of sp³-hybridized carbons (Fsp3) is 0.462. The molecule has 0 unspecified atom stereocenters. The molecule has 96 valence electrons. The lowest BCUT2D eigenvalue weighted by atomic mass is 10.2. The first-order valence-corrected chi connectivity index (χ1v) is 7.36. The molecule has 1 aromatic rings. The van der Waals surface area contributed by atoms with Gasteiger partial charge >= 0.3 is 0 Å². The Kier molecular flexibility index (Phi) is 3.42. The third kappa shape index (κ3) is 2.55. The zero-order valence-electron chi connectivity index (χ0n) is 10.5. The molecule has 4 nitrogen and oxygen atoms in total. The highest BCUT2D eigenvalue weighted by Crippen LogP contribution is 2.31. The molecule has 0 spiro atoms. The minimum atomic E-state index is -3.48. The van der Waals surface area contributed by atoms with Gasteiger partial charge in [0, 0.05) is 13.6 Å². The number of sulfonamides is 1. The molecular weight excluding hydrogens is 248 g/mol. The van der Waals surface area contributed by atoms with Gasteiger partial charge in [-0.05, 0) is 43.4 Å². The largest absolute Gasteiger partial charge is 0.243 e. The van der Waals surface area contributed by atoms with Crippen molar-refractivity contribution in [1.29, 1.82) is 5.26 Å². The van der Waals surface area contributed by atoms with E-state index in [4.69, 9.17) is 5.26 Å². The summed E-state index contributed by atoms with van der Waals surface area (Å²) in [6, 6.07) is 6.74. The third-order valence-electron chi connectivity index (χ3n) is 3.22. The van der Waals surface area contributed by atoms with E-state index in [2.05, 4.69) is 0 Å². The molecule has 1 aliphatic rings. The summed E-state index contributed by atoms with van der Waals surface area (Å²) in [7, 11) is -1.87. The number of hydrogen-bond acceptors (Lipinski definition) is 3. The predicted octanol–water partition coefficient (Wildman–Crippen LogP) is 1.90. The van der Waals surface area contributed by atoms with E-state index in [1.54, 1.807) is 26.1 Å². The van der Waals surface area contributed by atoms with Crippen LogP contribution >= 0.6 is 0 Å². The first-order chi connectivity index (χ1) is 8.45. The fourth-order valence-electron chi connectivity index (χ4n) is 1.88. The third-order valence-corrected chi connectivity index (χ3v) is 5.18. The maximum atomic E-state index is 12.4. The van der Waals surface area contributed by atoms with Crippen LogP contribution in [-0.2, 0) is 10.0 Å². The van der Waals surface area contributed by atoms with Gasteiger partial charge < -0.3 is 0 Å². The SMILES string of the molecule is Cc1ccc(C#N)cc1S(=O)(=O)N(C)CC1CC1. The van der Waals surface area contributed by atoms with Crippen molar-refractivity contribution in [1.82, 2.24) is 4.31 Å². The molecule has 1 fully saturated rings. The summed E-state index contributed by atoms with van der Waals surface area (Å²) in [5.41, 5.74) is 1.05. The van der Waals surface area contributed by atoms with Gasteiger partial charge in [-0.25, -0.2) is 12.7 Å². The standard InChI is InChI=1S/C13H16N2O2S/c1-10-3-4-12(8-14)7-13(10)18(16,17)15(2)9-11-5-6-11/h3-4,7,11H,5-6,9H2,1-2H3. The molecule has 2 rings (SSSR count). The number of nitrogens with zero attached hydrogens (tertiary/aromatic N) is 2. The van der Waals surface area contributed by atoms with Gasteiger partial charge in [0.2, 0.25) is 10.0 Å². The summed E-state index contributed by atoms with van der Waals surface area (Å²) < 4.78 is 26.2. The molecule has 5 heteroatoms. The monoisotopic (exact) mass is 264 g/mol. The minimum absolute atomic E-state index is 0.240. The van der Waals surface area contributed by atoms with Crippen LogP contribution in [0.1, 0.15) is 24.0 Å². The molecule has 0 heterocycles. The molecule has 0 bridgehead atoms. The van der Waals surface area contributed by atoms with Crippen LogP contribution in [0.2, 0.25) is 0 Å². The van der Waals surface area contributed by atoms with Crippen LogP contribution in [0.3, 0.4) is 0 Å². The van der Waals surface area contributed by atoms with E-state index in [1.165, 1.54) is 10.4 Å². The minimum Gasteiger partial charge on any atom is -0.207 e. The quantitative estimate of drug-likeness (QED) is 0.834. The molecular formula is C13H16N2O2S. The molecule has 1 aliphatic carbocycles. The smallest absolute Gasteiger partial charge is 0.207 e. The zero-order chi connectivity index (χ0) is 13.3. The molecule has 0 radical (unpaired) electrons. The maximum Gasteiger partial charge on any atom is 0.243 e. The summed E-state index contributed by atoms with van der Waals surface area (Å²) in [5, 5.41) is 8.85. The Labute approximate surface area is 108 Å². The van der Waals surface area contributed by atoms with Crippen molar-refractivity contribution < 1.29 is 8.42 Å². The number of hydrogen-bond donors (Lipinski definition) is 0. The Hall–Kier alpha value is -1.38. The van der Waals surface area contributed by atoms with Crippen LogP contribution < -0.4 is 0 Å². The molecule has 0 aromatic heterocycles. The van der Waals surface area contributed by atoms with Gasteiger partial charge in [-0.1, -0.05) is 6.07 Å². The lowest BCUT2D eigenvalue weighted by molar-refractivity contribution is 0.452. The Balaban J connectivity index is 2.36. The molecule has 0 aliphatic heterocycles. The second-order valence-electron chi connectivity index (χ2n) is 4.82. The summed E-state index contributed by atoms with van der Waals surface area (Å²) >= 11 is 0. The number of rotatable bonds is 4. The van der Waals surface area contributed by atoms with Crippen LogP contribution in [0.5, 0.6) is 0 Å². The average Bonchev–Trinajstić information content (AvgIpc) is 3.13. The van der Waals surface area contributed by atoms with Crippen molar-refractivity contribution in [2.75, 3.05) is 13.6 Å². The van der Waals surface area contributed by atoms with Crippen molar-refractivity contribution in [2.24, 2.45) is 5.92 Å². The summed E-state index contributed by atoms with van der Waals surface area (Å²) in [6.07, 6.45) is 2.22. The molecule has 0 atom stereocenters. The van der Waals surface area contributed by atoms with E-state index in [1.807, 2.05) is 6.07 Å². The summed E-state index contributed by atoms with van der Waals surface area (Å²) in [6.45, 7) is 2.32. The Morgan fingerprint density at radius 1 is 1.44 bits per heavy atom. The van der Waals surface area contributed by atoms with Crippen LogP contribution in [-0.4, -0.2) is 26.3 Å². The highest BCUT2D eigenvalue weighted by Gasteiger charge is 2.30. The van der Waals surface area contributed by atoms with Crippen LogP contribution in [0.25, 0.3) is 0 Å². The molecule has 1 aromatic carbocycles. The lowest BCUT2D eigenvalue weighted by Gasteiger charge is -2.18. The van der Waals surface area contributed by atoms with Crippen molar-refractivity contribution in [3.8, 4) is 6.07 Å². The Morgan fingerprint density at radius 3 is 2.67 bits per heavy atom. The second kappa shape index (κ2) is 4.71. The Bertz CT molecular complexity index is 598. The highest BCUT2D eigenvalue weighted by molar-refractivity contribution is 7.89. The van der Waals surface area contributed by atoms with E-state index < -0.39 is 10.0 Å². The Morgan fingerprint density at radius 2 is 2.11 bits per heavy atom. The molecule has 18 heavy (non-hydrogen) atoms. The van der Waals surface area contributed by atoms with Crippen molar-refractivity contribution in [3.05, 3.63) is 29.3 Å². The second-order valence-corrected chi connectivity index (χ2v) is 6.83. The van der Waals surface area contributed by atoms with Crippen LogP contribution in [0.15, 0.2) is 23.1 Å². The summed E-state index contributed by atoms with van der Waals surface area (Å²) in [4.78, 5) is 0.240. The van der Waals surface area contributed by atoms with E-state index in [9.17, 15) is 8.42 Å². The fourth-order valence-corrected chi connectivity index (χ4v) is 3.37. The highest BCUT2D eigenvalue weighted by atomic mass is 32.2. The van der Waals surface area contributed by atoms with Gasteiger partial charge in [0.1, 0.15) is 0 Å². The number of aryl methyl sites for hydroxylation is 1. The average molecular weight is 264 g/mol. The van der Waals surface area contributed by atoms with Crippen LogP contribution in [0, 0.1) is 24.2 Å². The maximum absolute atomic E-state index is 12.4. The van der Waals surface area contributed by atoms with Crippen LogP contribution in [0.4, 0.5) is 0 Å². The van der Waals surface area contributed by atoms with Gasteiger partial charge in [0.05, 0.1) is 16.5 Å². The number of benzene rings is 1. The van der Waals surface area contributed by atoms with Crippen molar-refractivity contribution in [3.63, 3.8) is 0 Å². The zero-order valence-corrected chi connectivity index (χ0v) is 11.4. The lowest BCUT2D eigenvalue weighted by Crippen LogP contribution is -2.29. The number of nitriles is 1. The first kappa shape index (κ1) is 13.1. The molecule has 0 amide bonds. The normalized spacial score (nSPS) is 15.7. The van der Waals surface area contributed by atoms with Gasteiger partial charge in [-0.15, -0.1) is 0 Å². The topological polar surface area (TPSA) is 61.2 Å². The van der Waals surface area contributed by atoms with E-state index in [0.29, 0.717) is 23.6 Å². The molecule has 0 saturated heterocycles. The van der Waals surface area contributed by atoms with Gasteiger partial charge in [0.15, 0.2) is 0 Å². The van der Waals surface area contributed by atoms with E-state index in [0.717, 1.165) is 12.8 Å². The first-order valence-electron chi connectivity index (χ1n) is 5.92. The van der Waals surface area contributed by atoms with E-state index in [-0.39, 0.29) is 4.90 Å². The van der Waals surface area contributed by atoms with Gasteiger partial charge in [0.25, 0.3) is 0 Å². The predicted molar refractivity (Wildman–Crippen MR) is 68.4 cm³/mol. The van der Waals surface area contributed by atoms with Gasteiger partial charge in [-0.2, -0.15) is 5.26 Å². The summed E-state index contributed by atoms with van der Waals surface area (Å²) in [5.74, 6) is 0.504.